The number of aliphatic hydroxyl groups is 1. The standard InChI is InChI=1S/C18H23NO2/c1-3-15-6-8-16(9-7-15)19-12-17(20)13-21-18-10-4-14(2)5-11-18/h4-11,17,19-20H,3,12-13H2,1-2H3. The van der Waals surface area contributed by atoms with Crippen LogP contribution in [0.15, 0.2) is 48.5 Å². The smallest absolute Gasteiger partial charge is 0.119 e. The lowest BCUT2D eigenvalue weighted by atomic mass is 10.1. The molecule has 0 bridgehead atoms. The maximum absolute atomic E-state index is 9.94. The quantitative estimate of drug-likeness (QED) is 0.819. The molecule has 0 fully saturated rings. The Kier molecular flexibility index (Phi) is 5.64. The summed E-state index contributed by atoms with van der Waals surface area (Å²) in [5, 5.41) is 13.2. The van der Waals surface area contributed by atoms with Crippen LogP contribution in [-0.4, -0.2) is 24.4 Å². The van der Waals surface area contributed by atoms with Crippen molar-refractivity contribution in [3.63, 3.8) is 0 Å². The van der Waals surface area contributed by atoms with Gasteiger partial charge in [-0.3, -0.25) is 0 Å². The highest BCUT2D eigenvalue weighted by molar-refractivity contribution is 5.44. The molecule has 2 rings (SSSR count). The van der Waals surface area contributed by atoms with Crippen LogP contribution in [0.2, 0.25) is 0 Å². The van der Waals surface area contributed by atoms with Gasteiger partial charge in [0, 0.05) is 12.2 Å². The molecule has 21 heavy (non-hydrogen) atoms. The van der Waals surface area contributed by atoms with Gasteiger partial charge in [0.15, 0.2) is 0 Å². The molecular weight excluding hydrogens is 262 g/mol. The van der Waals surface area contributed by atoms with Gasteiger partial charge in [0.2, 0.25) is 0 Å². The van der Waals surface area contributed by atoms with E-state index in [4.69, 9.17) is 4.74 Å². The van der Waals surface area contributed by atoms with Gasteiger partial charge in [0.1, 0.15) is 18.5 Å². The summed E-state index contributed by atoms with van der Waals surface area (Å²) in [6.45, 7) is 4.92. The molecule has 0 spiro atoms. The molecule has 0 amide bonds. The van der Waals surface area contributed by atoms with Crippen LogP contribution in [0, 0.1) is 6.92 Å². The van der Waals surface area contributed by atoms with Crippen molar-refractivity contribution in [2.75, 3.05) is 18.5 Å². The number of aryl methyl sites for hydroxylation is 2. The second-order valence-electron chi connectivity index (χ2n) is 5.21. The molecule has 0 saturated carbocycles. The number of anilines is 1. The minimum Gasteiger partial charge on any atom is -0.491 e. The topological polar surface area (TPSA) is 41.5 Å². The van der Waals surface area contributed by atoms with E-state index in [-0.39, 0.29) is 6.61 Å². The highest BCUT2D eigenvalue weighted by atomic mass is 16.5. The van der Waals surface area contributed by atoms with Crippen molar-refractivity contribution < 1.29 is 9.84 Å². The van der Waals surface area contributed by atoms with Crippen molar-refractivity contribution in [3.05, 3.63) is 59.7 Å². The Morgan fingerprint density at radius 3 is 2.33 bits per heavy atom. The number of hydrogen-bond acceptors (Lipinski definition) is 3. The molecule has 0 aliphatic carbocycles. The molecule has 1 unspecified atom stereocenters. The van der Waals surface area contributed by atoms with Crippen molar-refractivity contribution in [1.82, 2.24) is 0 Å². The van der Waals surface area contributed by atoms with Crippen LogP contribution in [0.3, 0.4) is 0 Å². The van der Waals surface area contributed by atoms with Crippen LogP contribution < -0.4 is 10.1 Å². The van der Waals surface area contributed by atoms with Crippen molar-refractivity contribution in [3.8, 4) is 5.75 Å². The van der Waals surface area contributed by atoms with Crippen molar-refractivity contribution in [1.29, 1.82) is 0 Å². The fraction of sp³-hybridized carbons (Fsp3) is 0.333. The number of hydrogen-bond donors (Lipinski definition) is 2. The Labute approximate surface area is 126 Å². The minimum absolute atomic E-state index is 0.281. The maximum Gasteiger partial charge on any atom is 0.119 e. The van der Waals surface area contributed by atoms with Crippen LogP contribution in [0.1, 0.15) is 18.1 Å². The number of rotatable bonds is 7. The van der Waals surface area contributed by atoms with Gasteiger partial charge in [0.05, 0.1) is 0 Å². The summed E-state index contributed by atoms with van der Waals surface area (Å²) in [4.78, 5) is 0. The molecule has 2 aromatic carbocycles. The van der Waals surface area contributed by atoms with Crippen LogP contribution >= 0.6 is 0 Å². The second kappa shape index (κ2) is 7.70. The van der Waals surface area contributed by atoms with E-state index in [9.17, 15) is 5.11 Å². The van der Waals surface area contributed by atoms with E-state index in [2.05, 4.69) is 24.4 Å². The van der Waals surface area contributed by atoms with Crippen LogP contribution in [-0.2, 0) is 6.42 Å². The zero-order valence-electron chi connectivity index (χ0n) is 12.7. The zero-order chi connectivity index (χ0) is 15.1. The van der Waals surface area contributed by atoms with Crippen molar-refractivity contribution >= 4 is 5.69 Å². The number of aliphatic hydroxyl groups excluding tert-OH is 1. The largest absolute Gasteiger partial charge is 0.491 e. The van der Waals surface area contributed by atoms with E-state index in [1.54, 1.807) is 0 Å². The highest BCUT2D eigenvalue weighted by Crippen LogP contribution is 2.12. The molecule has 3 heteroatoms. The first-order chi connectivity index (χ1) is 10.2. The van der Waals surface area contributed by atoms with E-state index < -0.39 is 6.10 Å². The van der Waals surface area contributed by atoms with E-state index in [1.807, 2.05) is 43.3 Å². The molecule has 0 aliphatic rings. The predicted molar refractivity (Wildman–Crippen MR) is 87.0 cm³/mol. The second-order valence-corrected chi connectivity index (χ2v) is 5.21. The predicted octanol–water partition coefficient (Wildman–Crippen LogP) is 3.41. The van der Waals surface area contributed by atoms with E-state index in [1.165, 1.54) is 11.1 Å². The summed E-state index contributed by atoms with van der Waals surface area (Å²) in [5.41, 5.74) is 3.52. The molecular formula is C18H23NO2. The molecule has 0 aliphatic heterocycles. The Bertz CT molecular complexity index is 534. The lowest BCUT2D eigenvalue weighted by Crippen LogP contribution is -2.26. The third kappa shape index (κ3) is 5.12. The van der Waals surface area contributed by atoms with Gasteiger partial charge in [0.25, 0.3) is 0 Å². The normalized spacial score (nSPS) is 12.0. The van der Waals surface area contributed by atoms with Crippen LogP contribution in [0.25, 0.3) is 0 Å². The molecule has 112 valence electrons. The van der Waals surface area contributed by atoms with Gasteiger partial charge in [-0.05, 0) is 43.2 Å². The summed E-state index contributed by atoms with van der Waals surface area (Å²) >= 11 is 0. The van der Waals surface area contributed by atoms with Crippen molar-refractivity contribution in [2.45, 2.75) is 26.4 Å². The SMILES string of the molecule is CCc1ccc(NCC(O)COc2ccc(C)cc2)cc1. The summed E-state index contributed by atoms with van der Waals surface area (Å²) in [5.74, 6) is 0.784. The summed E-state index contributed by atoms with van der Waals surface area (Å²) in [7, 11) is 0. The zero-order valence-corrected chi connectivity index (χ0v) is 12.7. The Morgan fingerprint density at radius 2 is 1.71 bits per heavy atom. The molecule has 0 aromatic heterocycles. The summed E-state index contributed by atoms with van der Waals surface area (Å²) in [6, 6.07) is 16.1. The average molecular weight is 285 g/mol. The summed E-state index contributed by atoms with van der Waals surface area (Å²) < 4.78 is 5.56. The molecule has 2 aromatic rings. The molecule has 0 saturated heterocycles. The van der Waals surface area contributed by atoms with Crippen molar-refractivity contribution in [2.24, 2.45) is 0 Å². The van der Waals surface area contributed by atoms with Gasteiger partial charge in [-0.2, -0.15) is 0 Å². The first-order valence-corrected chi connectivity index (χ1v) is 7.37. The third-order valence-corrected chi connectivity index (χ3v) is 3.37. The Hall–Kier alpha value is -2.00. The van der Waals surface area contributed by atoms with Gasteiger partial charge >= 0.3 is 0 Å². The molecule has 0 heterocycles. The van der Waals surface area contributed by atoms with Gasteiger partial charge < -0.3 is 15.2 Å². The van der Waals surface area contributed by atoms with E-state index in [0.717, 1.165) is 17.9 Å². The minimum atomic E-state index is -0.544. The van der Waals surface area contributed by atoms with E-state index in [0.29, 0.717) is 6.54 Å². The maximum atomic E-state index is 9.94. The third-order valence-electron chi connectivity index (χ3n) is 3.37. The Morgan fingerprint density at radius 1 is 1.05 bits per heavy atom. The fourth-order valence-corrected chi connectivity index (χ4v) is 1.98. The van der Waals surface area contributed by atoms with Gasteiger partial charge in [-0.25, -0.2) is 0 Å². The first kappa shape index (κ1) is 15.4. The van der Waals surface area contributed by atoms with E-state index >= 15 is 0 Å². The number of nitrogens with one attached hydrogen (secondary N) is 1. The fourth-order valence-electron chi connectivity index (χ4n) is 1.98. The van der Waals surface area contributed by atoms with Crippen LogP contribution in [0.4, 0.5) is 5.69 Å². The lowest BCUT2D eigenvalue weighted by Gasteiger charge is -2.14. The number of ether oxygens (including phenoxy) is 1. The molecule has 1 atom stereocenters. The van der Waals surface area contributed by atoms with Gasteiger partial charge in [-0.15, -0.1) is 0 Å². The summed E-state index contributed by atoms with van der Waals surface area (Å²) in [6.07, 6.45) is 0.491. The van der Waals surface area contributed by atoms with Gasteiger partial charge in [-0.1, -0.05) is 36.8 Å². The van der Waals surface area contributed by atoms with Crippen LogP contribution in [0.5, 0.6) is 5.75 Å². The highest BCUT2D eigenvalue weighted by Gasteiger charge is 2.05. The Balaban J connectivity index is 1.73. The monoisotopic (exact) mass is 285 g/mol. The average Bonchev–Trinajstić information content (AvgIpc) is 2.53. The first-order valence-electron chi connectivity index (χ1n) is 7.37. The number of benzene rings is 2. The molecule has 0 radical (unpaired) electrons. The lowest BCUT2D eigenvalue weighted by molar-refractivity contribution is 0.117. The molecule has 2 N–H and O–H groups in total. The molecule has 3 nitrogen and oxygen atoms in total.